The van der Waals surface area contributed by atoms with Gasteiger partial charge < -0.3 is 19.9 Å². The van der Waals surface area contributed by atoms with Crippen molar-refractivity contribution in [2.45, 2.75) is 97.1 Å². The van der Waals surface area contributed by atoms with Gasteiger partial charge in [0, 0.05) is 25.7 Å². The minimum atomic E-state index is 0.307. The topological polar surface area (TPSA) is 79.6 Å². The number of ether oxygens (including phenoxy) is 1. The van der Waals surface area contributed by atoms with Crippen LogP contribution in [0.15, 0.2) is 4.99 Å². The molecule has 1 aliphatic carbocycles. The molecule has 2 fully saturated rings. The molecule has 0 aromatic carbocycles. The van der Waals surface area contributed by atoms with Gasteiger partial charge in [0.2, 0.25) is 0 Å². The van der Waals surface area contributed by atoms with E-state index in [0.717, 1.165) is 56.4 Å². The number of hydrogen-bond acceptors (Lipinski definition) is 5. The number of likely N-dealkylation sites (tertiary alicyclic amines) is 1. The van der Waals surface area contributed by atoms with Crippen LogP contribution >= 0.6 is 0 Å². The number of nitrogens with one attached hydrogen (secondary N) is 2. The molecule has 1 unspecified atom stereocenters. The lowest BCUT2D eigenvalue weighted by Gasteiger charge is -2.31. The predicted octanol–water partition coefficient (Wildman–Crippen LogP) is 2.38. The van der Waals surface area contributed by atoms with E-state index in [1.807, 2.05) is 18.5 Å². The third-order valence-corrected chi connectivity index (χ3v) is 6.45. The molecule has 8 nitrogen and oxygen atoms in total. The summed E-state index contributed by atoms with van der Waals surface area (Å²) in [5, 5.41) is 15.7. The van der Waals surface area contributed by atoms with E-state index in [2.05, 4.69) is 46.5 Å². The van der Waals surface area contributed by atoms with E-state index in [9.17, 15) is 0 Å². The Hall–Kier alpha value is -1.67. The lowest BCUT2D eigenvalue weighted by atomic mass is 9.93. The van der Waals surface area contributed by atoms with Crippen molar-refractivity contribution in [1.29, 1.82) is 0 Å². The highest BCUT2D eigenvalue weighted by Gasteiger charge is 2.25. The fourth-order valence-corrected chi connectivity index (χ4v) is 4.57. The zero-order valence-corrected chi connectivity index (χ0v) is 19.5. The SMILES string of the molecule is CCN1CCCC1CNC(=NCc1nnc(C)n1C)NC1CCC(OC(C)C)CC1. The quantitative estimate of drug-likeness (QED) is 0.497. The number of hydrogen-bond donors (Lipinski definition) is 2. The maximum atomic E-state index is 6.01. The lowest BCUT2D eigenvalue weighted by molar-refractivity contribution is -0.0152. The van der Waals surface area contributed by atoms with Crippen molar-refractivity contribution in [3.05, 3.63) is 11.6 Å². The Morgan fingerprint density at radius 3 is 2.60 bits per heavy atom. The molecule has 1 aliphatic heterocycles. The summed E-state index contributed by atoms with van der Waals surface area (Å²) in [6.45, 7) is 12.2. The first-order valence-corrected chi connectivity index (χ1v) is 11.8. The second-order valence-electron chi connectivity index (χ2n) is 9.00. The van der Waals surface area contributed by atoms with Gasteiger partial charge in [0.15, 0.2) is 11.8 Å². The van der Waals surface area contributed by atoms with Crippen LogP contribution in [0.1, 0.15) is 70.9 Å². The van der Waals surface area contributed by atoms with Gasteiger partial charge >= 0.3 is 0 Å². The van der Waals surface area contributed by atoms with Crippen LogP contribution in [0.25, 0.3) is 0 Å². The number of nitrogens with zero attached hydrogens (tertiary/aromatic N) is 5. The van der Waals surface area contributed by atoms with Crippen LogP contribution in [0.2, 0.25) is 0 Å². The molecule has 1 atom stereocenters. The van der Waals surface area contributed by atoms with Gasteiger partial charge in [-0.2, -0.15) is 0 Å². The Bertz CT molecular complexity index is 679. The first-order valence-electron chi connectivity index (χ1n) is 11.8. The summed E-state index contributed by atoms with van der Waals surface area (Å²) in [6, 6.07) is 1.03. The van der Waals surface area contributed by atoms with Crippen LogP contribution in [0.5, 0.6) is 0 Å². The van der Waals surface area contributed by atoms with Gasteiger partial charge in [-0.1, -0.05) is 6.92 Å². The molecule has 0 radical (unpaired) electrons. The summed E-state index contributed by atoms with van der Waals surface area (Å²) in [4.78, 5) is 7.42. The third-order valence-electron chi connectivity index (χ3n) is 6.45. The van der Waals surface area contributed by atoms with Crippen molar-refractivity contribution in [2.75, 3.05) is 19.6 Å². The molecule has 2 N–H and O–H groups in total. The van der Waals surface area contributed by atoms with Crippen molar-refractivity contribution in [3.8, 4) is 0 Å². The molecular weight excluding hydrogens is 378 g/mol. The lowest BCUT2D eigenvalue weighted by Crippen LogP contribution is -2.49. The smallest absolute Gasteiger partial charge is 0.191 e. The molecule has 2 heterocycles. The van der Waals surface area contributed by atoms with E-state index in [-0.39, 0.29) is 0 Å². The van der Waals surface area contributed by atoms with E-state index in [4.69, 9.17) is 9.73 Å². The van der Waals surface area contributed by atoms with E-state index in [1.54, 1.807) is 0 Å². The second kappa shape index (κ2) is 11.1. The van der Waals surface area contributed by atoms with Gasteiger partial charge in [0.1, 0.15) is 12.4 Å². The molecule has 1 saturated heterocycles. The maximum Gasteiger partial charge on any atom is 0.191 e. The normalized spacial score (nSPS) is 25.8. The van der Waals surface area contributed by atoms with E-state index < -0.39 is 0 Å². The molecule has 0 spiro atoms. The highest BCUT2D eigenvalue weighted by Crippen LogP contribution is 2.22. The predicted molar refractivity (Wildman–Crippen MR) is 121 cm³/mol. The largest absolute Gasteiger partial charge is 0.376 e. The van der Waals surface area contributed by atoms with Crippen LogP contribution in [0.4, 0.5) is 0 Å². The highest BCUT2D eigenvalue weighted by atomic mass is 16.5. The molecule has 170 valence electrons. The van der Waals surface area contributed by atoms with Crippen molar-refractivity contribution in [3.63, 3.8) is 0 Å². The summed E-state index contributed by atoms with van der Waals surface area (Å²) in [5.41, 5.74) is 0. The van der Waals surface area contributed by atoms with Gasteiger partial charge in [-0.15, -0.1) is 10.2 Å². The zero-order valence-electron chi connectivity index (χ0n) is 19.5. The van der Waals surface area contributed by atoms with Crippen LogP contribution in [0.3, 0.4) is 0 Å². The molecule has 2 aliphatic rings. The Morgan fingerprint density at radius 2 is 1.97 bits per heavy atom. The maximum absolute atomic E-state index is 6.01. The molecule has 8 heteroatoms. The summed E-state index contributed by atoms with van der Waals surface area (Å²) in [5.74, 6) is 2.70. The number of aliphatic imine (C=N–C) groups is 1. The standard InChI is InChI=1S/C22H41N7O/c1-6-29-13-7-8-19(29)14-23-22(24-15-21-27-26-17(4)28(21)5)25-18-9-11-20(12-10-18)30-16(2)3/h16,18-20H,6-15H2,1-5H3,(H2,23,24,25). The Kier molecular flexibility index (Phi) is 8.50. The minimum Gasteiger partial charge on any atom is -0.376 e. The summed E-state index contributed by atoms with van der Waals surface area (Å²) in [7, 11) is 1.99. The number of likely N-dealkylation sites (N-methyl/N-ethyl adjacent to an activating group) is 1. The van der Waals surface area contributed by atoms with Crippen LogP contribution < -0.4 is 10.6 Å². The van der Waals surface area contributed by atoms with Crippen molar-refractivity contribution in [1.82, 2.24) is 30.3 Å². The molecular formula is C22H41N7O. The van der Waals surface area contributed by atoms with Crippen molar-refractivity contribution >= 4 is 5.96 Å². The van der Waals surface area contributed by atoms with Crippen LogP contribution in [0, 0.1) is 6.92 Å². The Labute approximate surface area is 181 Å². The molecule has 0 bridgehead atoms. The monoisotopic (exact) mass is 419 g/mol. The van der Waals surface area contributed by atoms with Gasteiger partial charge in [-0.05, 0) is 72.4 Å². The number of guanidine groups is 1. The van der Waals surface area contributed by atoms with Gasteiger partial charge in [-0.25, -0.2) is 4.99 Å². The second-order valence-corrected chi connectivity index (χ2v) is 9.00. The zero-order chi connectivity index (χ0) is 21.5. The van der Waals surface area contributed by atoms with Crippen molar-refractivity contribution < 1.29 is 4.74 Å². The van der Waals surface area contributed by atoms with Gasteiger partial charge in [0.05, 0.1) is 12.2 Å². The Balaban J connectivity index is 1.59. The molecule has 1 aromatic rings. The summed E-state index contributed by atoms with van der Waals surface area (Å²) >= 11 is 0. The highest BCUT2D eigenvalue weighted by molar-refractivity contribution is 5.80. The average molecular weight is 420 g/mol. The van der Waals surface area contributed by atoms with E-state index in [0.29, 0.717) is 30.8 Å². The Morgan fingerprint density at radius 1 is 1.20 bits per heavy atom. The molecule has 1 saturated carbocycles. The summed E-state index contributed by atoms with van der Waals surface area (Å²) in [6.07, 6.45) is 7.70. The molecule has 1 aromatic heterocycles. The van der Waals surface area contributed by atoms with Crippen LogP contribution in [-0.2, 0) is 18.3 Å². The fourth-order valence-electron chi connectivity index (χ4n) is 4.57. The summed E-state index contributed by atoms with van der Waals surface area (Å²) < 4.78 is 8.01. The van der Waals surface area contributed by atoms with E-state index in [1.165, 1.54) is 19.4 Å². The average Bonchev–Trinajstić information content (AvgIpc) is 3.31. The van der Waals surface area contributed by atoms with Crippen LogP contribution in [-0.4, -0.2) is 69.5 Å². The first kappa shape index (κ1) is 23.0. The number of rotatable bonds is 8. The molecule has 3 rings (SSSR count). The minimum absolute atomic E-state index is 0.307. The molecule has 30 heavy (non-hydrogen) atoms. The third kappa shape index (κ3) is 6.41. The van der Waals surface area contributed by atoms with Gasteiger partial charge in [-0.3, -0.25) is 4.90 Å². The molecule has 0 amide bonds. The number of aryl methyl sites for hydroxylation is 1. The number of aromatic nitrogens is 3. The first-order chi connectivity index (χ1) is 14.5. The van der Waals surface area contributed by atoms with Gasteiger partial charge in [0.25, 0.3) is 0 Å². The van der Waals surface area contributed by atoms with Crippen molar-refractivity contribution in [2.24, 2.45) is 12.0 Å². The fraction of sp³-hybridized carbons (Fsp3) is 0.864. The van der Waals surface area contributed by atoms with E-state index >= 15 is 0 Å².